The predicted molar refractivity (Wildman–Crippen MR) is 77.2 cm³/mol. The number of thiazole rings is 1. The molecule has 0 radical (unpaired) electrons. The van der Waals surface area contributed by atoms with Crippen molar-refractivity contribution in [3.05, 3.63) is 11.1 Å². The Hall–Kier alpha value is -0.610. The number of nitrogens with zero attached hydrogens (tertiary/aromatic N) is 2. The SMILES string of the molecule is CCCNCc1csc(N2CC3CCCC3C2)n1. The Labute approximate surface area is 114 Å². The minimum Gasteiger partial charge on any atom is -0.348 e. The van der Waals surface area contributed by atoms with Crippen molar-refractivity contribution in [2.45, 2.75) is 39.2 Å². The fourth-order valence-corrected chi connectivity index (χ4v) is 4.15. The highest BCUT2D eigenvalue weighted by molar-refractivity contribution is 7.13. The number of anilines is 1. The molecule has 4 heteroatoms. The van der Waals surface area contributed by atoms with E-state index in [4.69, 9.17) is 4.98 Å². The third-order valence-corrected chi connectivity index (χ3v) is 5.22. The van der Waals surface area contributed by atoms with E-state index in [1.165, 1.54) is 49.6 Å². The average molecular weight is 265 g/mol. The molecule has 1 aliphatic heterocycles. The molecule has 1 aliphatic carbocycles. The Kier molecular flexibility index (Phi) is 3.85. The smallest absolute Gasteiger partial charge is 0.185 e. The van der Waals surface area contributed by atoms with Gasteiger partial charge in [0.25, 0.3) is 0 Å². The Bertz CT molecular complexity index is 378. The second kappa shape index (κ2) is 5.57. The first-order valence-electron chi connectivity index (χ1n) is 7.27. The van der Waals surface area contributed by atoms with Crippen molar-refractivity contribution in [1.29, 1.82) is 0 Å². The van der Waals surface area contributed by atoms with Crippen molar-refractivity contribution in [1.82, 2.24) is 10.3 Å². The highest BCUT2D eigenvalue weighted by Gasteiger charge is 2.36. The first-order chi connectivity index (χ1) is 8.86. The molecule has 1 saturated heterocycles. The van der Waals surface area contributed by atoms with Gasteiger partial charge in [0.05, 0.1) is 5.69 Å². The van der Waals surface area contributed by atoms with Crippen LogP contribution in [-0.4, -0.2) is 24.6 Å². The maximum atomic E-state index is 4.77. The topological polar surface area (TPSA) is 28.2 Å². The van der Waals surface area contributed by atoms with Crippen molar-refractivity contribution in [3.63, 3.8) is 0 Å². The summed E-state index contributed by atoms with van der Waals surface area (Å²) in [6.45, 7) is 6.70. The number of hydrogen-bond donors (Lipinski definition) is 1. The zero-order valence-electron chi connectivity index (χ0n) is 11.2. The second-order valence-electron chi connectivity index (χ2n) is 5.65. The predicted octanol–water partition coefficient (Wildman–Crippen LogP) is 2.88. The molecular weight excluding hydrogens is 242 g/mol. The lowest BCUT2D eigenvalue weighted by atomic mass is 10.0. The van der Waals surface area contributed by atoms with Crippen LogP contribution in [0.2, 0.25) is 0 Å². The Balaban J connectivity index is 1.57. The standard InChI is InChI=1S/C14H23N3S/c1-2-6-15-7-13-10-18-14(16-13)17-8-11-4-3-5-12(11)9-17/h10-12,15H,2-9H2,1H3. The van der Waals surface area contributed by atoms with Gasteiger partial charge in [-0.25, -0.2) is 4.98 Å². The van der Waals surface area contributed by atoms with Crippen molar-refractivity contribution in [2.75, 3.05) is 24.5 Å². The van der Waals surface area contributed by atoms with Crippen molar-refractivity contribution in [2.24, 2.45) is 11.8 Å². The highest BCUT2D eigenvalue weighted by atomic mass is 32.1. The molecule has 1 aromatic heterocycles. The van der Waals surface area contributed by atoms with Crippen LogP contribution in [0.4, 0.5) is 5.13 Å². The summed E-state index contributed by atoms with van der Waals surface area (Å²) in [5, 5.41) is 6.88. The van der Waals surface area contributed by atoms with Crippen LogP contribution < -0.4 is 10.2 Å². The molecular formula is C14H23N3S. The lowest BCUT2D eigenvalue weighted by Crippen LogP contribution is -2.20. The highest BCUT2D eigenvalue weighted by Crippen LogP contribution is 2.40. The van der Waals surface area contributed by atoms with Gasteiger partial charge in [0.1, 0.15) is 0 Å². The number of rotatable bonds is 5. The maximum Gasteiger partial charge on any atom is 0.185 e. The molecule has 0 spiro atoms. The summed E-state index contributed by atoms with van der Waals surface area (Å²) in [6.07, 6.45) is 5.52. The lowest BCUT2D eigenvalue weighted by molar-refractivity contribution is 0.494. The summed E-state index contributed by atoms with van der Waals surface area (Å²) in [5.74, 6) is 1.91. The minimum atomic E-state index is 0.922. The van der Waals surface area contributed by atoms with Gasteiger partial charge in [0.15, 0.2) is 5.13 Å². The molecule has 3 nitrogen and oxygen atoms in total. The van der Waals surface area contributed by atoms with Crippen LogP contribution >= 0.6 is 11.3 Å². The third-order valence-electron chi connectivity index (χ3n) is 4.27. The quantitative estimate of drug-likeness (QED) is 0.830. The van der Waals surface area contributed by atoms with E-state index < -0.39 is 0 Å². The molecule has 2 fully saturated rings. The molecule has 2 unspecified atom stereocenters. The van der Waals surface area contributed by atoms with E-state index >= 15 is 0 Å². The van der Waals surface area contributed by atoms with Gasteiger partial charge in [-0.2, -0.15) is 0 Å². The first-order valence-corrected chi connectivity index (χ1v) is 8.15. The van der Waals surface area contributed by atoms with Crippen LogP contribution in [0.5, 0.6) is 0 Å². The van der Waals surface area contributed by atoms with Gasteiger partial charge in [-0.15, -0.1) is 11.3 Å². The third kappa shape index (κ3) is 2.54. The number of nitrogens with one attached hydrogen (secondary N) is 1. The van der Waals surface area contributed by atoms with Crippen LogP contribution in [0.1, 0.15) is 38.3 Å². The number of aromatic nitrogens is 1. The Morgan fingerprint density at radius 1 is 1.39 bits per heavy atom. The molecule has 2 heterocycles. The summed E-state index contributed by atoms with van der Waals surface area (Å²) in [7, 11) is 0. The normalized spacial score (nSPS) is 26.8. The fourth-order valence-electron chi connectivity index (χ4n) is 3.31. The molecule has 100 valence electrons. The van der Waals surface area contributed by atoms with Crippen molar-refractivity contribution >= 4 is 16.5 Å². The Morgan fingerprint density at radius 2 is 2.17 bits per heavy atom. The monoisotopic (exact) mass is 265 g/mol. The zero-order chi connectivity index (χ0) is 12.4. The van der Waals surface area contributed by atoms with Crippen LogP contribution in [0, 0.1) is 11.8 Å². The molecule has 2 atom stereocenters. The first kappa shape index (κ1) is 12.4. The van der Waals surface area contributed by atoms with E-state index in [1.54, 1.807) is 0 Å². The zero-order valence-corrected chi connectivity index (χ0v) is 12.0. The van der Waals surface area contributed by atoms with Gasteiger partial charge in [0.2, 0.25) is 0 Å². The van der Waals surface area contributed by atoms with E-state index in [0.29, 0.717) is 0 Å². The second-order valence-corrected chi connectivity index (χ2v) is 6.49. The van der Waals surface area contributed by atoms with Gasteiger partial charge in [-0.3, -0.25) is 0 Å². The van der Waals surface area contributed by atoms with E-state index in [9.17, 15) is 0 Å². The summed E-state index contributed by atoms with van der Waals surface area (Å²) in [5.41, 5.74) is 1.21. The van der Waals surface area contributed by atoms with Crippen LogP contribution in [0.15, 0.2) is 5.38 Å². The van der Waals surface area contributed by atoms with Gasteiger partial charge in [-0.1, -0.05) is 13.3 Å². The number of fused-ring (bicyclic) bond motifs is 1. The molecule has 0 aromatic carbocycles. The van der Waals surface area contributed by atoms with Crippen LogP contribution in [0.25, 0.3) is 0 Å². The Morgan fingerprint density at radius 3 is 2.89 bits per heavy atom. The molecule has 18 heavy (non-hydrogen) atoms. The molecule has 1 saturated carbocycles. The van der Waals surface area contributed by atoms with Crippen molar-refractivity contribution in [3.8, 4) is 0 Å². The largest absolute Gasteiger partial charge is 0.348 e. The summed E-state index contributed by atoms with van der Waals surface area (Å²) in [4.78, 5) is 7.29. The molecule has 0 amide bonds. The fraction of sp³-hybridized carbons (Fsp3) is 0.786. The van der Waals surface area contributed by atoms with Gasteiger partial charge in [-0.05, 0) is 37.6 Å². The average Bonchev–Trinajstić information content (AvgIpc) is 3.02. The van der Waals surface area contributed by atoms with Crippen LogP contribution in [0.3, 0.4) is 0 Å². The molecule has 3 rings (SSSR count). The minimum absolute atomic E-state index is 0.922. The van der Waals surface area contributed by atoms with E-state index in [2.05, 4.69) is 22.5 Å². The van der Waals surface area contributed by atoms with E-state index in [-0.39, 0.29) is 0 Å². The molecule has 1 aromatic rings. The summed E-state index contributed by atoms with van der Waals surface area (Å²) >= 11 is 1.82. The van der Waals surface area contributed by atoms with E-state index in [0.717, 1.165) is 24.9 Å². The summed E-state index contributed by atoms with van der Waals surface area (Å²) < 4.78 is 0. The maximum absolute atomic E-state index is 4.77. The van der Waals surface area contributed by atoms with Gasteiger partial charge < -0.3 is 10.2 Å². The van der Waals surface area contributed by atoms with Crippen molar-refractivity contribution < 1.29 is 0 Å². The molecule has 1 N–H and O–H groups in total. The summed E-state index contributed by atoms with van der Waals surface area (Å²) in [6, 6.07) is 0. The van der Waals surface area contributed by atoms with Gasteiger partial charge in [0, 0.05) is 25.0 Å². The van der Waals surface area contributed by atoms with Gasteiger partial charge >= 0.3 is 0 Å². The van der Waals surface area contributed by atoms with Crippen LogP contribution in [-0.2, 0) is 6.54 Å². The number of hydrogen-bond acceptors (Lipinski definition) is 4. The molecule has 2 aliphatic rings. The van der Waals surface area contributed by atoms with E-state index in [1.807, 2.05) is 11.3 Å². The molecule has 0 bridgehead atoms. The lowest BCUT2D eigenvalue weighted by Gasteiger charge is -2.15.